The second-order valence-corrected chi connectivity index (χ2v) is 3.42. The second-order valence-electron chi connectivity index (χ2n) is 3.42. The molecule has 0 saturated carbocycles. The Hall–Kier alpha value is -2.43. The highest BCUT2D eigenvalue weighted by atomic mass is 16.1. The summed E-state index contributed by atoms with van der Waals surface area (Å²) < 4.78 is 0. The molecule has 5 nitrogen and oxygen atoms in total. The van der Waals surface area contributed by atoms with Gasteiger partial charge in [-0.2, -0.15) is 10.2 Å². The van der Waals surface area contributed by atoms with Crippen LogP contribution in [0.25, 0.3) is 10.9 Å². The molecule has 0 aliphatic heterocycles. The van der Waals surface area contributed by atoms with Gasteiger partial charge in [0.2, 0.25) is 5.78 Å². The molecule has 0 spiro atoms. The average molecular weight is 212 g/mol. The van der Waals surface area contributed by atoms with Gasteiger partial charge < -0.3 is 0 Å². The summed E-state index contributed by atoms with van der Waals surface area (Å²) in [5.74, 6) is -0.157. The van der Waals surface area contributed by atoms with E-state index in [1.54, 1.807) is 12.3 Å². The highest BCUT2D eigenvalue weighted by Gasteiger charge is 2.16. The summed E-state index contributed by atoms with van der Waals surface area (Å²) in [6.45, 7) is 0. The first-order chi connectivity index (χ1) is 7.86. The number of para-hydroxylation sites is 1. The van der Waals surface area contributed by atoms with Gasteiger partial charge in [0, 0.05) is 11.6 Å². The van der Waals surface area contributed by atoms with Gasteiger partial charge in [0.05, 0.1) is 5.52 Å². The fourth-order valence-corrected chi connectivity index (χ4v) is 1.65. The molecule has 16 heavy (non-hydrogen) atoms. The third-order valence-electron chi connectivity index (χ3n) is 2.43. The number of hydrogen-bond donors (Lipinski definition) is 2. The number of rotatable bonds is 2. The van der Waals surface area contributed by atoms with Crippen LogP contribution in [0.2, 0.25) is 0 Å². The highest BCUT2D eigenvalue weighted by Crippen LogP contribution is 2.17. The summed E-state index contributed by atoms with van der Waals surface area (Å²) in [6.07, 6.45) is 1.54. The molecule has 0 aliphatic rings. The topological polar surface area (TPSA) is 74.4 Å². The van der Waals surface area contributed by atoms with Crippen molar-refractivity contribution < 1.29 is 4.79 Å². The van der Waals surface area contributed by atoms with Crippen molar-refractivity contribution in [2.24, 2.45) is 0 Å². The Balaban J connectivity index is 2.16. The van der Waals surface area contributed by atoms with Crippen molar-refractivity contribution in [3.8, 4) is 0 Å². The molecule has 0 unspecified atom stereocenters. The summed E-state index contributed by atoms with van der Waals surface area (Å²) in [4.78, 5) is 12.0. The van der Waals surface area contributed by atoms with Gasteiger partial charge in [-0.1, -0.05) is 18.2 Å². The van der Waals surface area contributed by atoms with Gasteiger partial charge in [0.1, 0.15) is 11.4 Å². The summed E-state index contributed by atoms with van der Waals surface area (Å²) in [7, 11) is 0. The summed E-state index contributed by atoms with van der Waals surface area (Å²) in [6, 6.07) is 9.15. The van der Waals surface area contributed by atoms with Crippen LogP contribution in [0, 0.1) is 0 Å². The van der Waals surface area contributed by atoms with Crippen molar-refractivity contribution in [1.29, 1.82) is 0 Å². The number of H-pyrrole nitrogens is 2. The van der Waals surface area contributed by atoms with Crippen molar-refractivity contribution in [3.05, 3.63) is 47.9 Å². The van der Waals surface area contributed by atoms with E-state index in [0.29, 0.717) is 11.4 Å². The predicted octanol–water partition coefficient (Wildman–Crippen LogP) is 1.52. The lowest BCUT2D eigenvalue weighted by atomic mass is 10.1. The first-order valence-corrected chi connectivity index (χ1v) is 4.83. The standard InChI is InChI=1S/C11H8N4O/c16-11(9-5-6-12-13-9)10-7-3-1-2-4-8(7)14-15-10/h1-6H,(H,12,13)(H,14,15). The number of fused-ring (bicyclic) bond motifs is 1. The minimum Gasteiger partial charge on any atom is -0.285 e. The molecule has 2 heterocycles. The maximum absolute atomic E-state index is 12.0. The third kappa shape index (κ3) is 1.22. The van der Waals surface area contributed by atoms with Crippen LogP contribution >= 0.6 is 0 Å². The van der Waals surface area contributed by atoms with Crippen molar-refractivity contribution in [2.75, 3.05) is 0 Å². The SMILES string of the molecule is O=C(c1ccn[nH]1)c1n[nH]c2ccccc12. The monoisotopic (exact) mass is 212 g/mol. The predicted molar refractivity (Wildman–Crippen MR) is 58.1 cm³/mol. The third-order valence-corrected chi connectivity index (χ3v) is 2.43. The summed E-state index contributed by atoms with van der Waals surface area (Å²) >= 11 is 0. The maximum atomic E-state index is 12.0. The number of nitrogens with one attached hydrogen (secondary N) is 2. The molecule has 0 radical (unpaired) electrons. The van der Waals surface area contributed by atoms with Gasteiger partial charge in [-0.25, -0.2) is 0 Å². The molecule has 0 amide bonds. The van der Waals surface area contributed by atoms with Gasteiger partial charge in [-0.05, 0) is 12.1 Å². The van der Waals surface area contributed by atoms with Crippen LogP contribution < -0.4 is 0 Å². The number of benzene rings is 1. The van der Waals surface area contributed by atoms with E-state index >= 15 is 0 Å². The van der Waals surface area contributed by atoms with Gasteiger partial charge in [0.25, 0.3) is 0 Å². The highest BCUT2D eigenvalue weighted by molar-refractivity contribution is 6.13. The van der Waals surface area contributed by atoms with Gasteiger partial charge in [0.15, 0.2) is 0 Å². The van der Waals surface area contributed by atoms with Crippen molar-refractivity contribution in [3.63, 3.8) is 0 Å². The number of aromatic amines is 2. The quantitative estimate of drug-likeness (QED) is 0.632. The van der Waals surface area contributed by atoms with E-state index < -0.39 is 0 Å². The number of carbonyl (C=O) groups is 1. The molecule has 2 aromatic heterocycles. The molecule has 0 bridgehead atoms. The minimum absolute atomic E-state index is 0.157. The van der Waals surface area contributed by atoms with E-state index in [0.717, 1.165) is 10.9 Å². The van der Waals surface area contributed by atoms with Crippen LogP contribution in [0.3, 0.4) is 0 Å². The Morgan fingerprint density at radius 3 is 2.81 bits per heavy atom. The number of aromatic nitrogens is 4. The first-order valence-electron chi connectivity index (χ1n) is 4.83. The molecule has 0 atom stereocenters. The Kier molecular flexibility index (Phi) is 1.83. The molecule has 3 rings (SSSR count). The largest absolute Gasteiger partial charge is 0.285 e. The number of nitrogens with zero attached hydrogens (tertiary/aromatic N) is 2. The number of hydrogen-bond acceptors (Lipinski definition) is 3. The lowest BCUT2D eigenvalue weighted by Crippen LogP contribution is -2.02. The maximum Gasteiger partial charge on any atom is 0.231 e. The van der Waals surface area contributed by atoms with Gasteiger partial charge >= 0.3 is 0 Å². The summed E-state index contributed by atoms with van der Waals surface area (Å²) in [5, 5.41) is 14.1. The van der Waals surface area contributed by atoms with E-state index in [4.69, 9.17) is 0 Å². The molecular weight excluding hydrogens is 204 g/mol. The zero-order valence-corrected chi connectivity index (χ0v) is 8.27. The van der Waals surface area contributed by atoms with E-state index in [1.165, 1.54) is 0 Å². The van der Waals surface area contributed by atoms with E-state index in [9.17, 15) is 4.79 Å². The van der Waals surface area contributed by atoms with E-state index in [-0.39, 0.29) is 5.78 Å². The van der Waals surface area contributed by atoms with Crippen LogP contribution in [0.15, 0.2) is 36.5 Å². The molecule has 3 aromatic rings. The molecule has 0 fully saturated rings. The number of carbonyl (C=O) groups excluding carboxylic acids is 1. The lowest BCUT2D eigenvalue weighted by Gasteiger charge is -1.93. The molecule has 78 valence electrons. The van der Waals surface area contributed by atoms with Crippen molar-refractivity contribution >= 4 is 16.7 Å². The molecule has 2 N–H and O–H groups in total. The zero-order valence-electron chi connectivity index (χ0n) is 8.27. The van der Waals surface area contributed by atoms with Crippen LogP contribution in [0.5, 0.6) is 0 Å². The fraction of sp³-hybridized carbons (Fsp3) is 0. The van der Waals surface area contributed by atoms with Crippen LogP contribution in [0.4, 0.5) is 0 Å². The van der Waals surface area contributed by atoms with Crippen molar-refractivity contribution in [1.82, 2.24) is 20.4 Å². The minimum atomic E-state index is -0.157. The Bertz CT molecular complexity index is 639. The number of ketones is 1. The molecule has 0 aliphatic carbocycles. The van der Waals surface area contributed by atoms with E-state index in [2.05, 4.69) is 20.4 Å². The van der Waals surface area contributed by atoms with E-state index in [1.807, 2.05) is 24.3 Å². The average Bonchev–Trinajstić information content (AvgIpc) is 2.98. The van der Waals surface area contributed by atoms with Crippen LogP contribution in [0.1, 0.15) is 16.2 Å². The Labute approximate surface area is 90.5 Å². The first kappa shape index (κ1) is 8.84. The zero-order chi connectivity index (χ0) is 11.0. The second kappa shape index (κ2) is 3.30. The molecular formula is C11H8N4O. The summed E-state index contributed by atoms with van der Waals surface area (Å²) in [5.41, 5.74) is 1.71. The van der Waals surface area contributed by atoms with Crippen LogP contribution in [-0.2, 0) is 0 Å². The fourth-order valence-electron chi connectivity index (χ4n) is 1.65. The van der Waals surface area contributed by atoms with Crippen LogP contribution in [-0.4, -0.2) is 26.2 Å². The molecule has 0 saturated heterocycles. The molecule has 1 aromatic carbocycles. The lowest BCUT2D eigenvalue weighted by molar-refractivity contribution is 0.103. The van der Waals surface area contributed by atoms with Gasteiger partial charge in [-0.15, -0.1) is 0 Å². The normalized spacial score (nSPS) is 10.8. The molecule has 5 heteroatoms. The Morgan fingerprint density at radius 1 is 1.12 bits per heavy atom. The smallest absolute Gasteiger partial charge is 0.231 e. The Morgan fingerprint density at radius 2 is 2.00 bits per heavy atom. The van der Waals surface area contributed by atoms with Crippen molar-refractivity contribution in [2.45, 2.75) is 0 Å². The van der Waals surface area contributed by atoms with Gasteiger partial charge in [-0.3, -0.25) is 15.0 Å².